The summed E-state index contributed by atoms with van der Waals surface area (Å²) >= 11 is 0. The lowest BCUT2D eigenvalue weighted by Gasteiger charge is -2.01. The standard InChI is InChI=1S/C17H11N3O6/c1-10-8-12(6-7-14(10)19(22)23)16-18-13(17(21)26-16)9-11-4-2-3-5-15(11)20(24)25/h2-9H,1H3/b13-9-. The van der Waals surface area contributed by atoms with Gasteiger partial charge in [-0.25, -0.2) is 9.79 Å². The number of rotatable bonds is 4. The molecule has 130 valence electrons. The van der Waals surface area contributed by atoms with Crippen molar-refractivity contribution in [1.29, 1.82) is 0 Å². The number of esters is 1. The Morgan fingerprint density at radius 3 is 2.38 bits per heavy atom. The number of aryl methyl sites for hydroxylation is 1. The summed E-state index contributed by atoms with van der Waals surface area (Å²) < 4.78 is 5.09. The molecule has 9 heteroatoms. The van der Waals surface area contributed by atoms with Gasteiger partial charge in [0, 0.05) is 23.3 Å². The Morgan fingerprint density at radius 1 is 1.04 bits per heavy atom. The van der Waals surface area contributed by atoms with Crippen LogP contribution in [0.4, 0.5) is 11.4 Å². The van der Waals surface area contributed by atoms with Crippen molar-refractivity contribution < 1.29 is 19.4 Å². The van der Waals surface area contributed by atoms with Crippen LogP contribution in [0.5, 0.6) is 0 Å². The number of carbonyl (C=O) groups is 1. The van der Waals surface area contributed by atoms with Gasteiger partial charge in [-0.3, -0.25) is 20.2 Å². The highest BCUT2D eigenvalue weighted by Crippen LogP contribution is 2.26. The molecule has 0 spiro atoms. The molecule has 2 aromatic rings. The van der Waals surface area contributed by atoms with Gasteiger partial charge in [0.05, 0.1) is 15.4 Å². The average molecular weight is 353 g/mol. The van der Waals surface area contributed by atoms with E-state index in [0.717, 1.165) is 0 Å². The third-order valence-corrected chi connectivity index (χ3v) is 3.69. The minimum atomic E-state index is -0.755. The van der Waals surface area contributed by atoms with E-state index >= 15 is 0 Å². The lowest BCUT2D eigenvalue weighted by atomic mass is 10.1. The molecule has 26 heavy (non-hydrogen) atoms. The lowest BCUT2D eigenvalue weighted by molar-refractivity contribution is -0.385. The zero-order valence-electron chi connectivity index (χ0n) is 13.4. The lowest BCUT2D eigenvalue weighted by Crippen LogP contribution is -2.06. The second-order valence-corrected chi connectivity index (χ2v) is 5.41. The van der Waals surface area contributed by atoms with Crippen LogP contribution in [-0.4, -0.2) is 21.7 Å². The average Bonchev–Trinajstić information content (AvgIpc) is 2.95. The molecule has 0 N–H and O–H groups in total. The van der Waals surface area contributed by atoms with E-state index in [4.69, 9.17) is 4.74 Å². The highest BCUT2D eigenvalue weighted by molar-refractivity contribution is 6.13. The number of nitro groups is 2. The van der Waals surface area contributed by atoms with Gasteiger partial charge in [-0.1, -0.05) is 12.1 Å². The van der Waals surface area contributed by atoms with Crippen LogP contribution in [0.3, 0.4) is 0 Å². The summed E-state index contributed by atoms with van der Waals surface area (Å²) in [5, 5.41) is 21.9. The van der Waals surface area contributed by atoms with Gasteiger partial charge in [0.15, 0.2) is 5.70 Å². The van der Waals surface area contributed by atoms with E-state index in [1.807, 2.05) is 0 Å². The Hall–Kier alpha value is -3.88. The third-order valence-electron chi connectivity index (χ3n) is 3.69. The normalized spacial score (nSPS) is 14.9. The predicted molar refractivity (Wildman–Crippen MR) is 91.5 cm³/mol. The van der Waals surface area contributed by atoms with Crippen molar-refractivity contribution in [2.45, 2.75) is 6.92 Å². The van der Waals surface area contributed by atoms with Crippen LogP contribution in [-0.2, 0) is 9.53 Å². The summed E-state index contributed by atoms with van der Waals surface area (Å²) in [6.45, 7) is 1.56. The Bertz CT molecular complexity index is 1010. The summed E-state index contributed by atoms with van der Waals surface area (Å²) in [7, 11) is 0. The van der Waals surface area contributed by atoms with E-state index in [0.29, 0.717) is 11.1 Å². The van der Waals surface area contributed by atoms with E-state index in [1.165, 1.54) is 42.5 Å². The SMILES string of the molecule is Cc1cc(C2=N/C(=C\c3ccccc3[N+](=O)[O-])C(=O)O2)ccc1[N+](=O)[O-]. The summed E-state index contributed by atoms with van der Waals surface area (Å²) in [5.74, 6) is -0.771. The molecule has 0 saturated carbocycles. The first-order valence-corrected chi connectivity index (χ1v) is 7.38. The maximum absolute atomic E-state index is 12.0. The molecular formula is C17H11N3O6. The molecule has 3 rings (SSSR count). The molecular weight excluding hydrogens is 342 g/mol. The molecule has 2 aromatic carbocycles. The molecule has 0 bridgehead atoms. The van der Waals surface area contributed by atoms with Gasteiger partial charge in [-0.2, -0.15) is 0 Å². The minimum Gasteiger partial charge on any atom is -0.402 e. The fourth-order valence-electron chi connectivity index (χ4n) is 2.45. The number of nitrogens with zero attached hydrogens (tertiary/aromatic N) is 3. The molecule has 0 atom stereocenters. The topological polar surface area (TPSA) is 125 Å². The number of para-hydroxylation sites is 1. The number of carbonyl (C=O) groups excluding carboxylic acids is 1. The van der Waals surface area contributed by atoms with Crippen molar-refractivity contribution >= 4 is 29.3 Å². The van der Waals surface area contributed by atoms with Crippen molar-refractivity contribution in [2.75, 3.05) is 0 Å². The summed E-state index contributed by atoms with van der Waals surface area (Å²) in [6.07, 6.45) is 1.27. The summed E-state index contributed by atoms with van der Waals surface area (Å²) in [4.78, 5) is 36.9. The van der Waals surface area contributed by atoms with E-state index in [-0.39, 0.29) is 28.5 Å². The number of nitro benzene ring substituents is 2. The molecule has 0 unspecified atom stereocenters. The monoisotopic (exact) mass is 353 g/mol. The van der Waals surface area contributed by atoms with Gasteiger partial charge >= 0.3 is 5.97 Å². The maximum atomic E-state index is 12.0. The second-order valence-electron chi connectivity index (χ2n) is 5.41. The first-order valence-electron chi connectivity index (χ1n) is 7.38. The van der Waals surface area contributed by atoms with Crippen molar-refractivity contribution in [3.05, 3.63) is 85.1 Å². The number of hydrogen-bond donors (Lipinski definition) is 0. The van der Waals surface area contributed by atoms with Crippen molar-refractivity contribution in [3.8, 4) is 0 Å². The van der Waals surface area contributed by atoms with E-state index in [2.05, 4.69) is 4.99 Å². The molecule has 1 aliphatic heterocycles. The Labute approximate surface area is 146 Å². The van der Waals surface area contributed by atoms with Gasteiger partial charge in [0.2, 0.25) is 5.90 Å². The van der Waals surface area contributed by atoms with Crippen LogP contribution >= 0.6 is 0 Å². The van der Waals surface area contributed by atoms with Crippen LogP contribution in [0, 0.1) is 27.2 Å². The van der Waals surface area contributed by atoms with Crippen LogP contribution in [0.2, 0.25) is 0 Å². The number of aliphatic imine (C=N–C) groups is 1. The molecule has 0 radical (unpaired) electrons. The van der Waals surface area contributed by atoms with E-state index < -0.39 is 15.8 Å². The number of ether oxygens (including phenoxy) is 1. The molecule has 0 fully saturated rings. The highest BCUT2D eigenvalue weighted by atomic mass is 16.6. The van der Waals surface area contributed by atoms with Gasteiger partial charge in [-0.15, -0.1) is 0 Å². The predicted octanol–water partition coefficient (Wildman–Crippen LogP) is 3.16. The maximum Gasteiger partial charge on any atom is 0.363 e. The molecule has 0 saturated heterocycles. The van der Waals surface area contributed by atoms with Gasteiger partial charge in [0.1, 0.15) is 0 Å². The molecule has 0 aromatic heterocycles. The smallest absolute Gasteiger partial charge is 0.363 e. The zero-order chi connectivity index (χ0) is 18.8. The van der Waals surface area contributed by atoms with Gasteiger partial charge in [0.25, 0.3) is 11.4 Å². The second kappa shape index (κ2) is 6.55. The minimum absolute atomic E-state index is 0.0159. The van der Waals surface area contributed by atoms with Crippen LogP contribution < -0.4 is 0 Å². The Balaban J connectivity index is 1.99. The van der Waals surface area contributed by atoms with Crippen molar-refractivity contribution in [2.24, 2.45) is 4.99 Å². The number of cyclic esters (lactones) is 1. The van der Waals surface area contributed by atoms with E-state index in [1.54, 1.807) is 13.0 Å². The molecule has 1 aliphatic rings. The van der Waals surface area contributed by atoms with Crippen LogP contribution in [0.1, 0.15) is 16.7 Å². The summed E-state index contributed by atoms with van der Waals surface area (Å²) in [5.41, 5.74) is 0.686. The van der Waals surface area contributed by atoms with Crippen LogP contribution in [0.25, 0.3) is 6.08 Å². The van der Waals surface area contributed by atoms with E-state index in [9.17, 15) is 25.0 Å². The molecule has 1 heterocycles. The summed E-state index contributed by atoms with van der Waals surface area (Å²) in [6, 6.07) is 10.1. The van der Waals surface area contributed by atoms with Crippen molar-refractivity contribution in [3.63, 3.8) is 0 Å². The number of benzene rings is 2. The highest BCUT2D eigenvalue weighted by Gasteiger charge is 2.26. The number of hydrogen-bond acceptors (Lipinski definition) is 7. The zero-order valence-corrected chi connectivity index (χ0v) is 13.4. The first-order chi connectivity index (χ1) is 12.4. The van der Waals surface area contributed by atoms with Crippen LogP contribution in [0.15, 0.2) is 53.2 Å². The van der Waals surface area contributed by atoms with Gasteiger partial charge < -0.3 is 4.74 Å². The molecule has 0 amide bonds. The molecule has 0 aliphatic carbocycles. The molecule has 9 nitrogen and oxygen atoms in total. The fraction of sp³-hybridized carbons (Fsp3) is 0.0588. The van der Waals surface area contributed by atoms with Gasteiger partial charge in [-0.05, 0) is 31.2 Å². The first kappa shape index (κ1) is 17.0. The van der Waals surface area contributed by atoms with Crippen molar-refractivity contribution in [1.82, 2.24) is 0 Å². The largest absolute Gasteiger partial charge is 0.402 e. The Kier molecular flexibility index (Phi) is 4.27. The quantitative estimate of drug-likeness (QED) is 0.360. The Morgan fingerprint density at radius 2 is 1.73 bits per heavy atom. The fourth-order valence-corrected chi connectivity index (χ4v) is 2.45. The third kappa shape index (κ3) is 3.18.